The van der Waals surface area contributed by atoms with Gasteiger partial charge < -0.3 is 10.1 Å². The number of hydrogen-bond acceptors (Lipinski definition) is 5. The first kappa shape index (κ1) is 21.8. The lowest BCUT2D eigenvalue weighted by molar-refractivity contribution is -0.140. The van der Waals surface area contributed by atoms with Gasteiger partial charge >= 0.3 is 5.97 Å². The average Bonchev–Trinajstić information content (AvgIpc) is 2.88. The Morgan fingerprint density at radius 2 is 1.68 bits per heavy atom. The van der Waals surface area contributed by atoms with Crippen LogP contribution in [0.4, 0.5) is 0 Å². The summed E-state index contributed by atoms with van der Waals surface area (Å²) < 4.78 is 5.70. The average molecular weight is 451 g/mol. The molecule has 0 bridgehead atoms. The summed E-state index contributed by atoms with van der Waals surface area (Å²) in [7, 11) is 0. The molecule has 5 heteroatoms. The van der Waals surface area contributed by atoms with Crippen molar-refractivity contribution in [2.24, 2.45) is 0 Å². The molecule has 2 heterocycles. The largest absolute Gasteiger partial charge is 0.457 e. The van der Waals surface area contributed by atoms with Gasteiger partial charge in [0.1, 0.15) is 6.61 Å². The Morgan fingerprint density at radius 3 is 2.38 bits per heavy atom. The highest BCUT2D eigenvalue weighted by Crippen LogP contribution is 2.45. The summed E-state index contributed by atoms with van der Waals surface area (Å²) in [4.78, 5) is 31.4. The summed E-state index contributed by atoms with van der Waals surface area (Å²) in [5.74, 6) is -0.846. The van der Waals surface area contributed by atoms with E-state index in [1.165, 1.54) is 0 Å². The third-order valence-corrected chi connectivity index (χ3v) is 6.51. The highest BCUT2D eigenvalue weighted by molar-refractivity contribution is 6.04. The van der Waals surface area contributed by atoms with Gasteiger partial charge in [0.05, 0.1) is 17.2 Å². The lowest BCUT2D eigenvalue weighted by Gasteiger charge is -2.36. The molecule has 3 aromatic rings. The molecule has 0 radical (unpaired) electrons. The molecule has 1 aliphatic heterocycles. The number of hydrogen-bond donors (Lipinski definition) is 1. The summed E-state index contributed by atoms with van der Waals surface area (Å²) in [6.07, 6.45) is 2.80. The predicted octanol–water partition coefficient (Wildman–Crippen LogP) is 5.19. The molecule has 34 heavy (non-hydrogen) atoms. The SMILES string of the molecule is CC1=C(C(=O)OCc2ccccc2)[C@H](c2ccccn2)C2=C(C[C@@H](c3ccccc3)CC2=O)N1. The van der Waals surface area contributed by atoms with Gasteiger partial charge in [0.25, 0.3) is 0 Å². The summed E-state index contributed by atoms with van der Waals surface area (Å²) >= 11 is 0. The maximum Gasteiger partial charge on any atom is 0.337 e. The number of benzene rings is 2. The molecule has 170 valence electrons. The number of pyridine rings is 1. The maximum atomic E-state index is 13.5. The van der Waals surface area contributed by atoms with E-state index in [1.54, 1.807) is 6.20 Å². The summed E-state index contributed by atoms with van der Waals surface area (Å²) in [5, 5.41) is 3.39. The lowest BCUT2D eigenvalue weighted by atomic mass is 9.73. The minimum absolute atomic E-state index is 0.0408. The van der Waals surface area contributed by atoms with Crippen LogP contribution < -0.4 is 5.32 Å². The summed E-state index contributed by atoms with van der Waals surface area (Å²) in [6.45, 7) is 2.04. The second kappa shape index (κ2) is 9.48. The first-order chi connectivity index (χ1) is 16.6. The van der Waals surface area contributed by atoms with Gasteiger partial charge in [-0.05, 0) is 42.5 Å². The van der Waals surface area contributed by atoms with Crippen molar-refractivity contribution in [3.05, 3.63) is 124 Å². The zero-order valence-corrected chi connectivity index (χ0v) is 19.0. The van der Waals surface area contributed by atoms with Crippen molar-refractivity contribution < 1.29 is 14.3 Å². The number of carbonyl (C=O) groups excluding carboxylic acids is 2. The fraction of sp³-hybridized carbons (Fsp3) is 0.207. The van der Waals surface area contributed by atoms with E-state index in [1.807, 2.05) is 73.7 Å². The van der Waals surface area contributed by atoms with Crippen LogP contribution in [-0.4, -0.2) is 16.7 Å². The number of rotatable bonds is 5. The van der Waals surface area contributed by atoms with E-state index in [0.29, 0.717) is 35.4 Å². The Labute approximate surface area is 199 Å². The number of nitrogens with one attached hydrogen (secondary N) is 1. The van der Waals surface area contributed by atoms with Crippen LogP contribution in [0.15, 0.2) is 108 Å². The van der Waals surface area contributed by atoms with Gasteiger partial charge in [0.2, 0.25) is 0 Å². The molecule has 1 aliphatic carbocycles. The smallest absolute Gasteiger partial charge is 0.337 e. The van der Waals surface area contributed by atoms with Gasteiger partial charge in [-0.3, -0.25) is 9.78 Å². The lowest BCUT2D eigenvalue weighted by Crippen LogP contribution is -2.36. The number of nitrogens with zero attached hydrogens (tertiary/aromatic N) is 1. The molecule has 0 saturated carbocycles. The number of ether oxygens (including phenoxy) is 1. The van der Waals surface area contributed by atoms with Crippen molar-refractivity contribution in [2.75, 3.05) is 0 Å². The van der Waals surface area contributed by atoms with E-state index in [2.05, 4.69) is 22.4 Å². The second-order valence-electron chi connectivity index (χ2n) is 8.74. The van der Waals surface area contributed by atoms with Crippen molar-refractivity contribution in [3.8, 4) is 0 Å². The third kappa shape index (κ3) is 4.29. The molecule has 0 fully saturated rings. The summed E-state index contributed by atoms with van der Waals surface area (Å²) in [6, 6.07) is 25.3. The zero-order chi connectivity index (χ0) is 23.5. The van der Waals surface area contributed by atoms with Crippen molar-refractivity contribution in [2.45, 2.75) is 38.2 Å². The maximum absolute atomic E-state index is 13.5. The van der Waals surface area contributed by atoms with Crippen LogP contribution in [0.3, 0.4) is 0 Å². The van der Waals surface area contributed by atoms with Crippen LogP contribution in [-0.2, 0) is 20.9 Å². The second-order valence-corrected chi connectivity index (χ2v) is 8.74. The van der Waals surface area contributed by atoms with Gasteiger partial charge in [-0.25, -0.2) is 4.79 Å². The predicted molar refractivity (Wildman–Crippen MR) is 130 cm³/mol. The Morgan fingerprint density at radius 1 is 0.971 bits per heavy atom. The van der Waals surface area contributed by atoms with Crippen LogP contribution in [0.1, 0.15) is 48.4 Å². The molecule has 2 atom stereocenters. The van der Waals surface area contributed by atoms with E-state index >= 15 is 0 Å². The van der Waals surface area contributed by atoms with Crippen molar-refractivity contribution in [1.82, 2.24) is 10.3 Å². The number of Topliss-reactive ketones (excluding diaryl/α,β-unsaturated/α-hetero) is 1. The monoisotopic (exact) mass is 450 g/mol. The zero-order valence-electron chi connectivity index (χ0n) is 19.0. The Bertz CT molecular complexity index is 1260. The quantitative estimate of drug-likeness (QED) is 0.542. The van der Waals surface area contributed by atoms with Crippen LogP contribution in [0.5, 0.6) is 0 Å². The highest BCUT2D eigenvalue weighted by Gasteiger charge is 2.42. The third-order valence-electron chi connectivity index (χ3n) is 6.51. The molecule has 5 nitrogen and oxygen atoms in total. The molecule has 0 spiro atoms. The molecule has 2 aromatic carbocycles. The number of esters is 1. The molecule has 0 unspecified atom stereocenters. The number of allylic oxidation sites excluding steroid dienone is 3. The Hall–Kier alpha value is -3.99. The van der Waals surface area contributed by atoms with Crippen molar-refractivity contribution >= 4 is 11.8 Å². The van der Waals surface area contributed by atoms with E-state index in [4.69, 9.17) is 4.74 Å². The first-order valence-corrected chi connectivity index (χ1v) is 11.5. The normalized spacial score (nSPS) is 20.0. The fourth-order valence-electron chi connectivity index (χ4n) is 4.91. The van der Waals surface area contributed by atoms with Crippen molar-refractivity contribution in [3.63, 3.8) is 0 Å². The molecular formula is C29H26N2O3. The Kier molecular flexibility index (Phi) is 6.09. The van der Waals surface area contributed by atoms with Crippen molar-refractivity contribution in [1.29, 1.82) is 0 Å². The van der Waals surface area contributed by atoms with Crippen LogP contribution >= 0.6 is 0 Å². The van der Waals surface area contributed by atoms with Gasteiger partial charge in [0, 0.05) is 29.6 Å². The number of carbonyl (C=O) groups is 2. The van der Waals surface area contributed by atoms with Crippen LogP contribution in [0.25, 0.3) is 0 Å². The van der Waals surface area contributed by atoms with Crippen LogP contribution in [0, 0.1) is 0 Å². The summed E-state index contributed by atoms with van der Waals surface area (Å²) in [5.41, 5.74) is 5.38. The van der Waals surface area contributed by atoms with E-state index in [-0.39, 0.29) is 18.3 Å². The molecule has 2 aliphatic rings. The molecule has 1 N–H and O–H groups in total. The van der Waals surface area contributed by atoms with E-state index in [9.17, 15) is 9.59 Å². The minimum atomic E-state index is -0.551. The molecule has 0 saturated heterocycles. The van der Waals surface area contributed by atoms with E-state index in [0.717, 1.165) is 16.8 Å². The topological polar surface area (TPSA) is 68.3 Å². The van der Waals surface area contributed by atoms with Crippen LogP contribution in [0.2, 0.25) is 0 Å². The fourth-order valence-corrected chi connectivity index (χ4v) is 4.91. The van der Waals surface area contributed by atoms with Gasteiger partial charge in [-0.1, -0.05) is 66.7 Å². The molecular weight excluding hydrogens is 424 g/mol. The number of dihydropyridines is 1. The van der Waals surface area contributed by atoms with Gasteiger partial charge in [0.15, 0.2) is 5.78 Å². The molecule has 5 rings (SSSR count). The molecule has 0 amide bonds. The Balaban J connectivity index is 1.50. The first-order valence-electron chi connectivity index (χ1n) is 11.5. The number of aromatic nitrogens is 1. The van der Waals surface area contributed by atoms with Gasteiger partial charge in [-0.2, -0.15) is 0 Å². The minimum Gasteiger partial charge on any atom is -0.457 e. The van der Waals surface area contributed by atoms with E-state index < -0.39 is 11.9 Å². The molecule has 1 aromatic heterocycles. The van der Waals surface area contributed by atoms with Gasteiger partial charge in [-0.15, -0.1) is 0 Å². The highest BCUT2D eigenvalue weighted by atomic mass is 16.5. The number of ketones is 1. The standard InChI is InChI=1S/C29H26N2O3/c1-19-26(29(33)34-18-20-10-4-2-5-11-20)28(23-14-8-9-15-30-23)27-24(31-19)16-22(17-25(27)32)21-12-6-3-7-13-21/h2-15,22,28,31H,16-18H2,1H3/t22-,28+/m1/s1.